The number of carbonyl (C=O) groups excluding carboxylic acids is 2. The summed E-state index contributed by atoms with van der Waals surface area (Å²) in [5.41, 5.74) is 5.65. The van der Waals surface area contributed by atoms with Crippen molar-refractivity contribution in [3.8, 4) is 0 Å². The van der Waals surface area contributed by atoms with Gasteiger partial charge in [-0.05, 0) is 12.8 Å². The molecule has 0 bridgehead atoms. The number of rotatable bonds is 5. The second-order valence-electron chi connectivity index (χ2n) is 5.58. The lowest BCUT2D eigenvalue weighted by Crippen LogP contribution is -2.42. The molecule has 1 saturated heterocycles. The van der Waals surface area contributed by atoms with Crippen molar-refractivity contribution < 1.29 is 9.59 Å². The summed E-state index contributed by atoms with van der Waals surface area (Å²) < 4.78 is 0. The molecule has 2 amide bonds. The Morgan fingerprint density at radius 3 is 2.45 bits per heavy atom. The monoisotopic (exact) mass is 284 g/mol. The van der Waals surface area contributed by atoms with Gasteiger partial charge in [0.1, 0.15) is 0 Å². The van der Waals surface area contributed by atoms with Gasteiger partial charge in [-0.1, -0.05) is 6.92 Å². The molecule has 6 heteroatoms. The van der Waals surface area contributed by atoms with Crippen molar-refractivity contribution in [1.82, 2.24) is 14.7 Å². The number of likely N-dealkylation sites (N-methyl/N-ethyl adjacent to an activating group) is 1. The van der Waals surface area contributed by atoms with Gasteiger partial charge in [0.25, 0.3) is 0 Å². The maximum atomic E-state index is 12.3. The standard InChI is InChI=1S/C14H28N4O2/c1-4-12(10-15)14(20)18-7-5-6-17(8-9-18)11-13(19)16(2)3/h12H,4-11,15H2,1-3H3. The van der Waals surface area contributed by atoms with Gasteiger partial charge in [0.05, 0.1) is 12.5 Å². The van der Waals surface area contributed by atoms with E-state index in [0.29, 0.717) is 19.6 Å². The molecule has 1 unspecified atom stereocenters. The smallest absolute Gasteiger partial charge is 0.236 e. The molecule has 6 nitrogen and oxygen atoms in total. The molecule has 0 radical (unpaired) electrons. The van der Waals surface area contributed by atoms with Crippen LogP contribution in [0.3, 0.4) is 0 Å². The van der Waals surface area contributed by atoms with Crippen LogP contribution in [0.15, 0.2) is 0 Å². The van der Waals surface area contributed by atoms with Crippen LogP contribution in [0.25, 0.3) is 0 Å². The summed E-state index contributed by atoms with van der Waals surface area (Å²) >= 11 is 0. The third-order valence-electron chi connectivity index (χ3n) is 3.88. The summed E-state index contributed by atoms with van der Waals surface area (Å²) in [6.45, 7) is 5.92. The SMILES string of the molecule is CCC(CN)C(=O)N1CCCN(CC(=O)N(C)C)CC1. The Bertz CT molecular complexity index is 329. The quantitative estimate of drug-likeness (QED) is 0.745. The Balaban J connectivity index is 2.50. The summed E-state index contributed by atoms with van der Waals surface area (Å²) in [5.74, 6) is 0.207. The molecule has 1 atom stereocenters. The highest BCUT2D eigenvalue weighted by Crippen LogP contribution is 2.10. The van der Waals surface area contributed by atoms with Gasteiger partial charge in [0, 0.05) is 46.8 Å². The first kappa shape index (κ1) is 16.9. The highest BCUT2D eigenvalue weighted by molar-refractivity contribution is 5.79. The molecule has 1 aliphatic rings. The van der Waals surface area contributed by atoms with Gasteiger partial charge >= 0.3 is 0 Å². The van der Waals surface area contributed by atoms with Crippen molar-refractivity contribution in [1.29, 1.82) is 0 Å². The van der Waals surface area contributed by atoms with E-state index in [2.05, 4.69) is 4.90 Å². The van der Waals surface area contributed by atoms with E-state index in [1.165, 1.54) is 0 Å². The van der Waals surface area contributed by atoms with Crippen LogP contribution < -0.4 is 5.73 Å². The molecule has 0 aromatic carbocycles. The Labute approximate surface area is 121 Å². The minimum atomic E-state index is -0.0649. The molecule has 0 aromatic heterocycles. The van der Waals surface area contributed by atoms with Crippen LogP contribution in [0.5, 0.6) is 0 Å². The van der Waals surface area contributed by atoms with Gasteiger partial charge < -0.3 is 15.5 Å². The number of nitrogens with zero attached hydrogens (tertiary/aromatic N) is 3. The molecule has 1 aliphatic heterocycles. The molecule has 0 aromatic rings. The normalized spacial score (nSPS) is 18.5. The van der Waals surface area contributed by atoms with Crippen LogP contribution in [-0.4, -0.2) is 79.9 Å². The third kappa shape index (κ3) is 4.76. The van der Waals surface area contributed by atoms with Gasteiger partial charge in [-0.25, -0.2) is 0 Å². The minimum absolute atomic E-state index is 0.0649. The Kier molecular flexibility index (Phi) is 6.95. The summed E-state index contributed by atoms with van der Waals surface area (Å²) in [6.07, 6.45) is 1.70. The van der Waals surface area contributed by atoms with Crippen LogP contribution >= 0.6 is 0 Å². The zero-order valence-electron chi connectivity index (χ0n) is 13.0. The first-order valence-electron chi connectivity index (χ1n) is 7.41. The second-order valence-corrected chi connectivity index (χ2v) is 5.58. The molecule has 2 N–H and O–H groups in total. The van der Waals surface area contributed by atoms with E-state index in [0.717, 1.165) is 32.5 Å². The molecule has 20 heavy (non-hydrogen) atoms. The van der Waals surface area contributed by atoms with E-state index in [-0.39, 0.29) is 17.7 Å². The molecule has 1 fully saturated rings. The van der Waals surface area contributed by atoms with Gasteiger partial charge in [0.2, 0.25) is 11.8 Å². The van der Waals surface area contributed by atoms with Crippen LogP contribution in [0.4, 0.5) is 0 Å². The largest absolute Gasteiger partial charge is 0.348 e. The van der Waals surface area contributed by atoms with E-state index in [4.69, 9.17) is 5.73 Å². The average molecular weight is 284 g/mol. The maximum absolute atomic E-state index is 12.3. The zero-order valence-corrected chi connectivity index (χ0v) is 13.0. The first-order chi connectivity index (χ1) is 9.49. The van der Waals surface area contributed by atoms with E-state index >= 15 is 0 Å². The van der Waals surface area contributed by atoms with Gasteiger partial charge in [-0.2, -0.15) is 0 Å². The average Bonchev–Trinajstić information content (AvgIpc) is 2.65. The predicted molar refractivity (Wildman–Crippen MR) is 79.2 cm³/mol. The Morgan fingerprint density at radius 2 is 1.90 bits per heavy atom. The lowest BCUT2D eigenvalue weighted by Gasteiger charge is -2.25. The van der Waals surface area contributed by atoms with Crippen LogP contribution in [-0.2, 0) is 9.59 Å². The van der Waals surface area contributed by atoms with Gasteiger partial charge in [-0.15, -0.1) is 0 Å². The fourth-order valence-electron chi connectivity index (χ4n) is 2.38. The minimum Gasteiger partial charge on any atom is -0.348 e. The predicted octanol–water partition coefficient (Wildman–Crippen LogP) is -0.406. The lowest BCUT2D eigenvalue weighted by atomic mass is 10.1. The van der Waals surface area contributed by atoms with E-state index in [9.17, 15) is 9.59 Å². The highest BCUT2D eigenvalue weighted by atomic mass is 16.2. The zero-order chi connectivity index (χ0) is 15.1. The van der Waals surface area contributed by atoms with Crippen molar-refractivity contribution in [2.75, 3.05) is 53.4 Å². The van der Waals surface area contributed by atoms with Gasteiger partial charge in [0.15, 0.2) is 0 Å². The van der Waals surface area contributed by atoms with E-state index in [1.54, 1.807) is 19.0 Å². The van der Waals surface area contributed by atoms with Crippen molar-refractivity contribution in [2.24, 2.45) is 11.7 Å². The van der Waals surface area contributed by atoms with Crippen LogP contribution in [0.2, 0.25) is 0 Å². The van der Waals surface area contributed by atoms with Crippen molar-refractivity contribution in [3.05, 3.63) is 0 Å². The van der Waals surface area contributed by atoms with E-state index < -0.39 is 0 Å². The maximum Gasteiger partial charge on any atom is 0.236 e. The fourth-order valence-corrected chi connectivity index (χ4v) is 2.38. The second kappa shape index (κ2) is 8.21. The molecule has 0 spiro atoms. The van der Waals surface area contributed by atoms with Crippen molar-refractivity contribution in [3.63, 3.8) is 0 Å². The highest BCUT2D eigenvalue weighted by Gasteiger charge is 2.24. The molecule has 0 saturated carbocycles. The molecular formula is C14H28N4O2. The number of hydrogen-bond acceptors (Lipinski definition) is 4. The number of hydrogen-bond donors (Lipinski definition) is 1. The van der Waals surface area contributed by atoms with Crippen LogP contribution in [0, 0.1) is 5.92 Å². The third-order valence-corrected chi connectivity index (χ3v) is 3.88. The van der Waals surface area contributed by atoms with Crippen LogP contribution in [0.1, 0.15) is 19.8 Å². The summed E-state index contributed by atoms with van der Waals surface area (Å²) in [4.78, 5) is 29.7. The summed E-state index contributed by atoms with van der Waals surface area (Å²) in [7, 11) is 3.53. The Hall–Kier alpha value is -1.14. The number of carbonyl (C=O) groups is 2. The summed E-state index contributed by atoms with van der Waals surface area (Å²) in [5, 5.41) is 0. The molecule has 1 heterocycles. The fraction of sp³-hybridized carbons (Fsp3) is 0.857. The number of nitrogens with two attached hydrogens (primary N) is 1. The first-order valence-corrected chi connectivity index (χ1v) is 7.41. The van der Waals surface area contributed by atoms with Crippen molar-refractivity contribution in [2.45, 2.75) is 19.8 Å². The Morgan fingerprint density at radius 1 is 1.20 bits per heavy atom. The molecule has 0 aliphatic carbocycles. The summed E-state index contributed by atoms with van der Waals surface area (Å²) in [6, 6.07) is 0. The molecule has 1 rings (SSSR count). The van der Waals surface area contributed by atoms with Gasteiger partial charge in [-0.3, -0.25) is 14.5 Å². The van der Waals surface area contributed by atoms with E-state index in [1.807, 2.05) is 11.8 Å². The molecular weight excluding hydrogens is 256 g/mol. The lowest BCUT2D eigenvalue weighted by molar-refractivity contribution is -0.135. The van der Waals surface area contributed by atoms with Crippen molar-refractivity contribution >= 4 is 11.8 Å². The molecule has 116 valence electrons. The number of amides is 2. The topological polar surface area (TPSA) is 69.9 Å².